The van der Waals surface area contributed by atoms with Gasteiger partial charge >= 0.3 is 6.09 Å². The van der Waals surface area contributed by atoms with Gasteiger partial charge in [-0.15, -0.1) is 11.6 Å². The third-order valence-electron chi connectivity index (χ3n) is 8.00. The van der Waals surface area contributed by atoms with Crippen LogP contribution in [0.4, 0.5) is 4.79 Å². The Morgan fingerprint density at radius 2 is 1.88 bits per heavy atom. The molecule has 0 aromatic rings. The summed E-state index contributed by atoms with van der Waals surface area (Å²) in [6.45, 7) is 5.45. The van der Waals surface area contributed by atoms with Crippen molar-refractivity contribution < 1.29 is 19.1 Å². The summed E-state index contributed by atoms with van der Waals surface area (Å²) in [5, 5.41) is 3.74. The molecule has 3 atom stereocenters. The lowest BCUT2D eigenvalue weighted by atomic mass is 9.79. The molecule has 8 heteroatoms. The molecule has 1 saturated heterocycles. The first-order valence-corrected chi connectivity index (χ1v) is 13.9. The number of likely N-dealkylation sites (tertiary alicyclic amines) is 1. The van der Waals surface area contributed by atoms with E-state index in [1.807, 2.05) is 6.92 Å². The smallest absolute Gasteiger partial charge is 0.409 e. The van der Waals surface area contributed by atoms with Gasteiger partial charge in [0.1, 0.15) is 0 Å². The van der Waals surface area contributed by atoms with E-state index < -0.39 is 0 Å². The second kappa shape index (κ2) is 12.6. The lowest BCUT2D eigenvalue weighted by Crippen LogP contribution is -2.53. The van der Waals surface area contributed by atoms with Crippen LogP contribution in [0.3, 0.4) is 0 Å². The third kappa shape index (κ3) is 6.67. The van der Waals surface area contributed by atoms with Gasteiger partial charge in [0.05, 0.1) is 19.3 Å². The van der Waals surface area contributed by atoms with Gasteiger partial charge in [-0.1, -0.05) is 25.3 Å². The molecule has 3 fully saturated rings. The van der Waals surface area contributed by atoms with E-state index >= 15 is 0 Å². The number of halogens is 1. The Bertz CT molecular complexity index is 719. The Labute approximate surface area is 209 Å². The van der Waals surface area contributed by atoms with Crippen LogP contribution >= 0.6 is 11.6 Å². The maximum Gasteiger partial charge on any atom is 0.409 e. The summed E-state index contributed by atoms with van der Waals surface area (Å²) in [6.07, 6.45) is 13.1. The molecule has 7 nitrogen and oxygen atoms in total. The lowest BCUT2D eigenvalue weighted by Gasteiger charge is -2.44. The van der Waals surface area contributed by atoms with E-state index in [-0.39, 0.29) is 23.4 Å². The number of hydrogen-bond acceptors (Lipinski definition) is 5. The second-order valence-electron chi connectivity index (χ2n) is 10.3. The number of nitrogens with zero attached hydrogens (tertiary/aromatic N) is 2. The Morgan fingerprint density at radius 3 is 2.62 bits per heavy atom. The summed E-state index contributed by atoms with van der Waals surface area (Å²) >= 11 is 6.52. The summed E-state index contributed by atoms with van der Waals surface area (Å²) < 4.78 is 11.3. The predicted octanol–water partition coefficient (Wildman–Crippen LogP) is 4.09. The van der Waals surface area contributed by atoms with Crippen molar-refractivity contribution in [1.29, 1.82) is 0 Å². The molecule has 2 aliphatic carbocycles. The van der Waals surface area contributed by atoms with Gasteiger partial charge in [-0.25, -0.2) is 4.79 Å². The molecule has 34 heavy (non-hydrogen) atoms. The SMILES string of the molecule is CCOC(=O)N1CCC(NCC2=CC3CCC(Cl)CC3N(CCOC3CCCCC3)C2=O)CC1. The van der Waals surface area contributed by atoms with Gasteiger partial charge in [-0.2, -0.15) is 0 Å². The summed E-state index contributed by atoms with van der Waals surface area (Å²) in [4.78, 5) is 29.3. The van der Waals surface area contributed by atoms with Crippen LogP contribution in [0.5, 0.6) is 0 Å². The molecule has 1 N–H and O–H groups in total. The van der Waals surface area contributed by atoms with Crippen LogP contribution in [0.1, 0.15) is 71.1 Å². The fraction of sp³-hybridized carbons (Fsp3) is 0.846. The molecule has 0 spiro atoms. The second-order valence-corrected chi connectivity index (χ2v) is 10.9. The Kier molecular flexibility index (Phi) is 9.54. The van der Waals surface area contributed by atoms with Crippen molar-refractivity contribution in [2.24, 2.45) is 5.92 Å². The summed E-state index contributed by atoms with van der Waals surface area (Å²) in [5.74, 6) is 0.514. The minimum atomic E-state index is -0.224. The van der Waals surface area contributed by atoms with Crippen molar-refractivity contribution in [2.45, 2.75) is 94.7 Å². The van der Waals surface area contributed by atoms with Crippen LogP contribution in [0.15, 0.2) is 11.6 Å². The first-order chi connectivity index (χ1) is 16.5. The van der Waals surface area contributed by atoms with Crippen molar-refractivity contribution in [3.63, 3.8) is 0 Å². The average molecular weight is 496 g/mol. The summed E-state index contributed by atoms with van der Waals surface area (Å²) in [7, 11) is 0. The van der Waals surface area contributed by atoms with E-state index in [9.17, 15) is 9.59 Å². The van der Waals surface area contributed by atoms with Crippen molar-refractivity contribution in [1.82, 2.24) is 15.1 Å². The van der Waals surface area contributed by atoms with Crippen molar-refractivity contribution in [3.05, 3.63) is 11.6 Å². The Morgan fingerprint density at radius 1 is 1.12 bits per heavy atom. The molecule has 4 aliphatic rings. The number of alkyl halides is 1. The molecule has 2 aliphatic heterocycles. The normalized spacial score (nSPS) is 29.1. The summed E-state index contributed by atoms with van der Waals surface area (Å²) in [5.41, 5.74) is 0.875. The van der Waals surface area contributed by atoms with E-state index in [1.165, 1.54) is 19.3 Å². The zero-order valence-electron chi connectivity index (χ0n) is 20.7. The standard InChI is InChI=1S/C26H42ClN3O4/c1-2-33-26(32)29-12-10-22(11-13-29)28-18-20-16-19-8-9-21(27)17-24(19)30(25(20)31)14-15-34-23-6-4-3-5-7-23/h16,19,21-24,28H,2-15,17-18H2,1H3. The zero-order valence-corrected chi connectivity index (χ0v) is 21.4. The Hall–Kier alpha value is -1.31. The molecule has 2 heterocycles. The highest BCUT2D eigenvalue weighted by Gasteiger charge is 2.40. The lowest BCUT2D eigenvalue weighted by molar-refractivity contribution is -0.133. The van der Waals surface area contributed by atoms with E-state index in [0.29, 0.717) is 57.5 Å². The zero-order chi connectivity index (χ0) is 23.9. The number of fused-ring (bicyclic) bond motifs is 1. The predicted molar refractivity (Wildman–Crippen MR) is 133 cm³/mol. The molecular formula is C26H42ClN3O4. The molecule has 0 aromatic carbocycles. The van der Waals surface area contributed by atoms with Gasteiger partial charge in [0.2, 0.25) is 0 Å². The molecule has 0 bridgehead atoms. The van der Waals surface area contributed by atoms with Gasteiger partial charge in [-0.3, -0.25) is 4.79 Å². The third-order valence-corrected chi connectivity index (χ3v) is 8.39. The van der Waals surface area contributed by atoms with Crippen LogP contribution in [-0.4, -0.2) is 84.8 Å². The van der Waals surface area contributed by atoms with Gasteiger partial charge in [0, 0.05) is 49.2 Å². The fourth-order valence-electron chi connectivity index (χ4n) is 6.02. The first-order valence-electron chi connectivity index (χ1n) is 13.5. The first kappa shape index (κ1) is 25.8. The minimum Gasteiger partial charge on any atom is -0.450 e. The number of rotatable bonds is 8. The quantitative estimate of drug-likeness (QED) is 0.513. The number of ether oxygens (including phenoxy) is 2. The van der Waals surface area contributed by atoms with Crippen LogP contribution in [0.25, 0.3) is 0 Å². The molecule has 0 radical (unpaired) electrons. The van der Waals surface area contributed by atoms with Crippen molar-refractivity contribution in [2.75, 3.05) is 39.4 Å². The van der Waals surface area contributed by atoms with E-state index in [2.05, 4.69) is 16.3 Å². The monoisotopic (exact) mass is 495 g/mol. The van der Waals surface area contributed by atoms with E-state index in [1.54, 1.807) is 4.90 Å². The molecular weight excluding hydrogens is 454 g/mol. The van der Waals surface area contributed by atoms with Crippen LogP contribution in [0.2, 0.25) is 0 Å². The van der Waals surface area contributed by atoms with E-state index in [4.69, 9.17) is 21.1 Å². The highest BCUT2D eigenvalue weighted by atomic mass is 35.5. The highest BCUT2D eigenvalue weighted by molar-refractivity contribution is 6.20. The number of carbonyl (C=O) groups is 2. The van der Waals surface area contributed by atoms with Crippen LogP contribution in [0, 0.1) is 5.92 Å². The van der Waals surface area contributed by atoms with Gasteiger partial charge < -0.3 is 24.6 Å². The number of carbonyl (C=O) groups excluding carboxylic acids is 2. The topological polar surface area (TPSA) is 71.1 Å². The molecule has 3 unspecified atom stereocenters. The Balaban J connectivity index is 1.31. The summed E-state index contributed by atoms with van der Waals surface area (Å²) in [6, 6.07) is 0.494. The maximum absolute atomic E-state index is 13.5. The molecule has 4 rings (SSSR count). The van der Waals surface area contributed by atoms with Crippen molar-refractivity contribution in [3.8, 4) is 0 Å². The molecule has 0 aromatic heterocycles. The van der Waals surface area contributed by atoms with Crippen LogP contribution in [-0.2, 0) is 14.3 Å². The number of piperidine rings is 1. The largest absolute Gasteiger partial charge is 0.450 e. The maximum atomic E-state index is 13.5. The number of nitrogens with one attached hydrogen (secondary N) is 1. The van der Waals surface area contributed by atoms with E-state index in [0.717, 1.165) is 50.5 Å². The molecule has 192 valence electrons. The number of hydrogen-bond donors (Lipinski definition) is 1. The minimum absolute atomic E-state index is 0.135. The highest BCUT2D eigenvalue weighted by Crippen LogP contribution is 2.36. The number of amides is 2. The molecule has 2 saturated carbocycles. The average Bonchev–Trinajstić information content (AvgIpc) is 2.85. The fourth-order valence-corrected chi connectivity index (χ4v) is 6.33. The van der Waals surface area contributed by atoms with Gasteiger partial charge in [0.15, 0.2) is 0 Å². The molecule has 2 amide bonds. The van der Waals surface area contributed by atoms with Gasteiger partial charge in [0.25, 0.3) is 5.91 Å². The van der Waals surface area contributed by atoms with Gasteiger partial charge in [-0.05, 0) is 57.8 Å². The van der Waals surface area contributed by atoms with Crippen molar-refractivity contribution >= 4 is 23.6 Å². The van der Waals surface area contributed by atoms with Crippen LogP contribution < -0.4 is 5.32 Å².